The van der Waals surface area contributed by atoms with Crippen LogP contribution in [0.1, 0.15) is 71.1 Å². The van der Waals surface area contributed by atoms with Gasteiger partial charge in [0.2, 0.25) is 0 Å². The zero-order valence-corrected chi connectivity index (χ0v) is 18.7. The molecule has 164 valence electrons. The van der Waals surface area contributed by atoms with E-state index in [1.807, 2.05) is 54.7 Å². The number of unbranched alkanes of at least 4 members (excludes halogenated alkanes) is 9. The Kier molecular flexibility index (Phi) is 22.3. The molecule has 0 aromatic carbocycles. The van der Waals surface area contributed by atoms with Crippen LogP contribution in [0.3, 0.4) is 0 Å². The van der Waals surface area contributed by atoms with Crippen molar-refractivity contribution in [2.45, 2.75) is 71.1 Å². The van der Waals surface area contributed by atoms with E-state index in [1.54, 1.807) is 12.2 Å². The molecule has 0 bridgehead atoms. The molecule has 2 heteroatoms. The number of carboxylic acid groups (broad SMARTS) is 1. The van der Waals surface area contributed by atoms with Gasteiger partial charge in [-0.05, 0) is 12.8 Å². The van der Waals surface area contributed by atoms with E-state index >= 15 is 0 Å². The van der Waals surface area contributed by atoms with Crippen LogP contribution in [-0.2, 0) is 4.79 Å². The van der Waals surface area contributed by atoms with Crippen LogP contribution in [-0.4, -0.2) is 11.1 Å². The third-order valence-corrected chi connectivity index (χ3v) is 4.29. The quantitative estimate of drug-likeness (QED) is 0.140. The van der Waals surface area contributed by atoms with Gasteiger partial charge in [-0.2, -0.15) is 0 Å². The standard InChI is InChI=1S/C28H40O2/c1-2-3-4-5-6-7-8-9-10-11-12-13-14-15-16-17-18-19-20-21-22-23-24-25-26-27-28(29)30/h12-27H,2-11H2,1H3,(H,29,30)/b13-12+,15-14+,17-16+,19-18+,21-20+,23-22+,25-24+,27-26+. The molecule has 0 fully saturated rings. The summed E-state index contributed by atoms with van der Waals surface area (Å²) in [6.45, 7) is 2.27. The molecule has 0 unspecified atom stereocenters. The molecule has 0 rings (SSSR count). The van der Waals surface area contributed by atoms with Gasteiger partial charge in [0.25, 0.3) is 0 Å². The van der Waals surface area contributed by atoms with Crippen LogP contribution >= 0.6 is 0 Å². The molecule has 1 N–H and O–H groups in total. The van der Waals surface area contributed by atoms with E-state index in [4.69, 9.17) is 5.11 Å². The van der Waals surface area contributed by atoms with Crippen molar-refractivity contribution in [3.63, 3.8) is 0 Å². The van der Waals surface area contributed by atoms with Crippen LogP contribution in [0, 0.1) is 0 Å². The Labute approximate surface area is 184 Å². The molecule has 0 amide bonds. The van der Waals surface area contributed by atoms with Gasteiger partial charge >= 0.3 is 5.97 Å². The van der Waals surface area contributed by atoms with Crippen molar-refractivity contribution in [1.82, 2.24) is 0 Å². The Morgan fingerprint density at radius 3 is 1.33 bits per heavy atom. The number of carboxylic acids is 1. The van der Waals surface area contributed by atoms with Gasteiger partial charge in [-0.25, -0.2) is 4.79 Å². The van der Waals surface area contributed by atoms with Gasteiger partial charge in [-0.1, -0.05) is 149 Å². The van der Waals surface area contributed by atoms with Crippen LogP contribution < -0.4 is 0 Å². The minimum atomic E-state index is -0.943. The van der Waals surface area contributed by atoms with Gasteiger partial charge in [0.1, 0.15) is 0 Å². The molecule has 0 spiro atoms. The van der Waals surface area contributed by atoms with Crippen LogP contribution in [0.25, 0.3) is 0 Å². The Morgan fingerprint density at radius 2 is 0.900 bits per heavy atom. The molecule has 0 radical (unpaired) electrons. The third kappa shape index (κ3) is 25.4. The molecule has 0 heterocycles. The largest absolute Gasteiger partial charge is 0.478 e. The maximum Gasteiger partial charge on any atom is 0.328 e. The van der Waals surface area contributed by atoms with Crippen LogP contribution in [0.15, 0.2) is 97.2 Å². The topological polar surface area (TPSA) is 37.3 Å². The van der Waals surface area contributed by atoms with Gasteiger partial charge < -0.3 is 5.11 Å². The Bertz CT molecular complexity index is 625. The molecule has 0 saturated carbocycles. The summed E-state index contributed by atoms with van der Waals surface area (Å²) in [6, 6.07) is 0. The van der Waals surface area contributed by atoms with E-state index in [-0.39, 0.29) is 0 Å². The number of allylic oxidation sites excluding steroid dienone is 15. The molecule has 0 aromatic heterocycles. The van der Waals surface area contributed by atoms with Gasteiger partial charge in [0.15, 0.2) is 0 Å². The minimum absolute atomic E-state index is 0.943. The summed E-state index contributed by atoms with van der Waals surface area (Å²) in [5.41, 5.74) is 0. The fourth-order valence-corrected chi connectivity index (χ4v) is 2.66. The van der Waals surface area contributed by atoms with Crippen LogP contribution in [0.4, 0.5) is 0 Å². The van der Waals surface area contributed by atoms with E-state index in [0.717, 1.165) is 6.08 Å². The molecular formula is C28H40O2. The first-order valence-electron chi connectivity index (χ1n) is 11.3. The maximum atomic E-state index is 10.3. The fraction of sp³-hybridized carbons (Fsp3) is 0.393. The lowest BCUT2D eigenvalue weighted by Crippen LogP contribution is -1.84. The summed E-state index contributed by atoms with van der Waals surface area (Å²) in [4.78, 5) is 10.3. The lowest BCUT2D eigenvalue weighted by atomic mass is 10.1. The average molecular weight is 409 g/mol. The highest BCUT2D eigenvalue weighted by molar-refractivity contribution is 5.80. The summed E-state index contributed by atoms with van der Waals surface area (Å²) in [5, 5.41) is 8.43. The van der Waals surface area contributed by atoms with Crippen molar-refractivity contribution in [1.29, 1.82) is 0 Å². The third-order valence-electron chi connectivity index (χ3n) is 4.29. The molecule has 30 heavy (non-hydrogen) atoms. The second-order valence-electron chi connectivity index (χ2n) is 7.05. The highest BCUT2D eigenvalue weighted by Crippen LogP contribution is 2.10. The first-order chi connectivity index (χ1) is 14.8. The number of hydrogen-bond acceptors (Lipinski definition) is 1. The lowest BCUT2D eigenvalue weighted by molar-refractivity contribution is -0.131. The minimum Gasteiger partial charge on any atom is -0.478 e. The van der Waals surface area contributed by atoms with Crippen molar-refractivity contribution >= 4 is 5.97 Å². The molecule has 0 atom stereocenters. The average Bonchev–Trinajstić information content (AvgIpc) is 2.73. The Hall–Kier alpha value is -2.61. The van der Waals surface area contributed by atoms with Crippen LogP contribution in [0.5, 0.6) is 0 Å². The van der Waals surface area contributed by atoms with Gasteiger partial charge in [0.05, 0.1) is 0 Å². The SMILES string of the molecule is CCCCCCCCCCC/C=C/C=C/C=C/C=C/C=C/C=C/C=C/C=C/C(=O)O. The van der Waals surface area contributed by atoms with Gasteiger partial charge in [-0.3, -0.25) is 0 Å². The van der Waals surface area contributed by atoms with E-state index < -0.39 is 5.97 Å². The van der Waals surface area contributed by atoms with E-state index in [0.29, 0.717) is 0 Å². The second kappa shape index (κ2) is 24.4. The van der Waals surface area contributed by atoms with E-state index in [1.165, 1.54) is 70.3 Å². The first kappa shape index (κ1) is 27.4. The molecule has 0 saturated heterocycles. The second-order valence-corrected chi connectivity index (χ2v) is 7.05. The molecule has 2 nitrogen and oxygen atoms in total. The predicted octanol–water partition coefficient (Wildman–Crippen LogP) is 8.44. The summed E-state index contributed by atoms with van der Waals surface area (Å²) in [6.07, 6.45) is 43.7. The van der Waals surface area contributed by atoms with Crippen LogP contribution in [0.2, 0.25) is 0 Å². The van der Waals surface area contributed by atoms with Crippen molar-refractivity contribution in [3.8, 4) is 0 Å². The van der Waals surface area contributed by atoms with Gasteiger partial charge in [0, 0.05) is 6.08 Å². The zero-order valence-electron chi connectivity index (χ0n) is 18.7. The highest BCUT2D eigenvalue weighted by Gasteiger charge is 1.90. The molecule has 0 aliphatic rings. The molecular weight excluding hydrogens is 368 g/mol. The summed E-state index contributed by atoms with van der Waals surface area (Å²) < 4.78 is 0. The molecule has 0 aromatic rings. The monoisotopic (exact) mass is 408 g/mol. The van der Waals surface area contributed by atoms with Crippen molar-refractivity contribution in [2.24, 2.45) is 0 Å². The fourth-order valence-electron chi connectivity index (χ4n) is 2.66. The normalized spacial score (nSPS) is 13.4. The van der Waals surface area contributed by atoms with Gasteiger partial charge in [-0.15, -0.1) is 0 Å². The number of carbonyl (C=O) groups is 1. The molecule has 0 aliphatic heterocycles. The van der Waals surface area contributed by atoms with Crippen molar-refractivity contribution in [2.75, 3.05) is 0 Å². The van der Waals surface area contributed by atoms with E-state index in [2.05, 4.69) is 25.2 Å². The summed E-state index contributed by atoms with van der Waals surface area (Å²) >= 11 is 0. The number of rotatable bonds is 18. The summed E-state index contributed by atoms with van der Waals surface area (Å²) in [7, 11) is 0. The predicted molar refractivity (Wildman–Crippen MR) is 133 cm³/mol. The highest BCUT2D eigenvalue weighted by atomic mass is 16.4. The Morgan fingerprint density at radius 1 is 0.533 bits per heavy atom. The van der Waals surface area contributed by atoms with Crippen molar-refractivity contribution in [3.05, 3.63) is 97.2 Å². The first-order valence-corrected chi connectivity index (χ1v) is 11.3. The number of aliphatic carboxylic acids is 1. The van der Waals surface area contributed by atoms with E-state index in [9.17, 15) is 4.79 Å². The van der Waals surface area contributed by atoms with Crippen molar-refractivity contribution < 1.29 is 9.90 Å². The summed E-state index contributed by atoms with van der Waals surface area (Å²) in [5.74, 6) is -0.943. The zero-order chi connectivity index (χ0) is 22.0. The molecule has 0 aliphatic carbocycles. The Balaban J connectivity index is 3.63. The lowest BCUT2D eigenvalue weighted by Gasteiger charge is -2.00. The smallest absolute Gasteiger partial charge is 0.328 e. The number of hydrogen-bond donors (Lipinski definition) is 1. The maximum absolute atomic E-state index is 10.3.